The predicted octanol–water partition coefficient (Wildman–Crippen LogP) is 4.06. The SMILES string of the molecule is CC[C@H](C)OC(=O)[C@@H](C)Oc1ccc(C(=O)Nc2ccccc2OC)cc1. The fourth-order valence-corrected chi connectivity index (χ4v) is 2.26. The fourth-order valence-electron chi connectivity index (χ4n) is 2.26. The van der Waals surface area contributed by atoms with E-state index in [9.17, 15) is 9.59 Å². The number of rotatable bonds is 8. The van der Waals surface area contributed by atoms with Crippen molar-refractivity contribution in [1.82, 2.24) is 0 Å². The molecule has 2 rings (SSSR count). The van der Waals surface area contributed by atoms with Crippen molar-refractivity contribution in [2.45, 2.75) is 39.4 Å². The minimum atomic E-state index is -0.729. The largest absolute Gasteiger partial charge is 0.495 e. The second-order valence-corrected chi connectivity index (χ2v) is 6.09. The zero-order chi connectivity index (χ0) is 19.8. The molecule has 1 amide bonds. The molecule has 27 heavy (non-hydrogen) atoms. The van der Waals surface area contributed by atoms with Gasteiger partial charge in [0.1, 0.15) is 11.5 Å². The van der Waals surface area contributed by atoms with Crippen molar-refractivity contribution in [3.05, 3.63) is 54.1 Å². The van der Waals surface area contributed by atoms with Gasteiger partial charge in [-0.25, -0.2) is 4.79 Å². The molecule has 2 aromatic carbocycles. The van der Waals surface area contributed by atoms with Crippen LogP contribution in [-0.4, -0.2) is 31.2 Å². The Morgan fingerprint density at radius 3 is 2.33 bits per heavy atom. The molecule has 0 heterocycles. The van der Waals surface area contributed by atoms with E-state index in [1.807, 2.05) is 26.0 Å². The molecule has 2 atom stereocenters. The number of methoxy groups -OCH3 is 1. The zero-order valence-electron chi connectivity index (χ0n) is 16.0. The number of nitrogens with one attached hydrogen (secondary N) is 1. The van der Waals surface area contributed by atoms with Gasteiger partial charge in [-0.3, -0.25) is 4.79 Å². The second kappa shape index (κ2) is 9.62. The average Bonchev–Trinajstić information content (AvgIpc) is 2.68. The molecule has 0 aliphatic heterocycles. The molecule has 0 unspecified atom stereocenters. The van der Waals surface area contributed by atoms with Crippen molar-refractivity contribution in [2.24, 2.45) is 0 Å². The van der Waals surface area contributed by atoms with E-state index in [0.29, 0.717) is 22.7 Å². The summed E-state index contributed by atoms with van der Waals surface area (Å²) in [5.74, 6) is 0.384. The van der Waals surface area contributed by atoms with Crippen LogP contribution in [0.4, 0.5) is 5.69 Å². The van der Waals surface area contributed by atoms with Gasteiger partial charge in [0.25, 0.3) is 5.91 Å². The van der Waals surface area contributed by atoms with Crippen molar-refractivity contribution in [1.29, 1.82) is 0 Å². The predicted molar refractivity (Wildman–Crippen MR) is 103 cm³/mol. The molecule has 6 nitrogen and oxygen atoms in total. The first kappa shape index (κ1) is 20.3. The van der Waals surface area contributed by atoms with Crippen LogP contribution in [0.1, 0.15) is 37.6 Å². The Kier molecular flexibility index (Phi) is 7.23. The Balaban J connectivity index is 1.98. The van der Waals surface area contributed by atoms with Crippen molar-refractivity contribution in [2.75, 3.05) is 12.4 Å². The molecule has 0 aromatic heterocycles. The van der Waals surface area contributed by atoms with E-state index in [1.165, 1.54) is 0 Å². The Bertz CT molecular complexity index is 772. The Morgan fingerprint density at radius 1 is 1.04 bits per heavy atom. The Hall–Kier alpha value is -3.02. The van der Waals surface area contributed by atoms with Crippen LogP contribution in [0, 0.1) is 0 Å². The number of ether oxygens (including phenoxy) is 3. The van der Waals surface area contributed by atoms with Crippen LogP contribution in [-0.2, 0) is 9.53 Å². The number of hydrogen-bond acceptors (Lipinski definition) is 5. The number of esters is 1. The lowest BCUT2D eigenvalue weighted by atomic mass is 10.2. The normalized spacial score (nSPS) is 12.6. The second-order valence-electron chi connectivity index (χ2n) is 6.09. The highest BCUT2D eigenvalue weighted by atomic mass is 16.6. The molecular formula is C21H25NO5. The molecule has 144 valence electrons. The molecule has 6 heteroatoms. The summed E-state index contributed by atoms with van der Waals surface area (Å²) in [6.07, 6.45) is -0.133. The Labute approximate surface area is 159 Å². The van der Waals surface area contributed by atoms with E-state index in [2.05, 4.69) is 5.32 Å². The van der Waals surface area contributed by atoms with Crippen LogP contribution in [0.15, 0.2) is 48.5 Å². The maximum absolute atomic E-state index is 12.4. The maximum atomic E-state index is 12.4. The van der Waals surface area contributed by atoms with E-state index < -0.39 is 12.1 Å². The summed E-state index contributed by atoms with van der Waals surface area (Å²) < 4.78 is 16.1. The molecule has 0 aliphatic rings. The van der Waals surface area contributed by atoms with Gasteiger partial charge in [0.2, 0.25) is 0 Å². The maximum Gasteiger partial charge on any atom is 0.347 e. The summed E-state index contributed by atoms with van der Waals surface area (Å²) in [5, 5.41) is 2.81. The summed E-state index contributed by atoms with van der Waals surface area (Å²) >= 11 is 0. The van der Waals surface area contributed by atoms with Crippen LogP contribution in [0.3, 0.4) is 0 Å². The van der Waals surface area contributed by atoms with Crippen LogP contribution in [0.2, 0.25) is 0 Å². The third-order valence-corrected chi connectivity index (χ3v) is 4.01. The molecule has 1 N–H and O–H groups in total. The van der Waals surface area contributed by atoms with E-state index in [1.54, 1.807) is 50.4 Å². The molecular weight excluding hydrogens is 346 g/mol. The van der Waals surface area contributed by atoms with Gasteiger partial charge in [0, 0.05) is 5.56 Å². The molecule has 2 aromatic rings. The first-order chi connectivity index (χ1) is 12.9. The molecule has 0 bridgehead atoms. The van der Waals surface area contributed by atoms with Crippen LogP contribution in [0.25, 0.3) is 0 Å². The monoisotopic (exact) mass is 371 g/mol. The van der Waals surface area contributed by atoms with E-state index in [0.717, 1.165) is 6.42 Å². The number of anilines is 1. The molecule has 0 fully saturated rings. The highest BCUT2D eigenvalue weighted by Crippen LogP contribution is 2.24. The lowest BCUT2D eigenvalue weighted by Gasteiger charge is -2.17. The minimum absolute atomic E-state index is 0.149. The van der Waals surface area contributed by atoms with Gasteiger partial charge in [-0.05, 0) is 56.7 Å². The number of carbonyl (C=O) groups is 2. The number of hydrogen-bond donors (Lipinski definition) is 1. The summed E-state index contributed by atoms with van der Waals surface area (Å²) in [5.41, 5.74) is 1.05. The first-order valence-corrected chi connectivity index (χ1v) is 8.86. The zero-order valence-corrected chi connectivity index (χ0v) is 16.0. The lowest BCUT2D eigenvalue weighted by Crippen LogP contribution is -2.29. The van der Waals surface area contributed by atoms with Gasteiger partial charge < -0.3 is 19.5 Å². The van der Waals surface area contributed by atoms with Crippen LogP contribution >= 0.6 is 0 Å². The van der Waals surface area contributed by atoms with Crippen LogP contribution < -0.4 is 14.8 Å². The molecule has 0 saturated heterocycles. The highest BCUT2D eigenvalue weighted by molar-refractivity contribution is 6.05. The van der Waals surface area contributed by atoms with Crippen molar-refractivity contribution in [3.63, 3.8) is 0 Å². The third kappa shape index (κ3) is 5.74. The van der Waals surface area contributed by atoms with Crippen molar-refractivity contribution >= 4 is 17.6 Å². The summed E-state index contributed by atoms with van der Waals surface area (Å²) in [4.78, 5) is 24.3. The smallest absolute Gasteiger partial charge is 0.347 e. The number of benzene rings is 2. The number of para-hydroxylation sites is 2. The van der Waals surface area contributed by atoms with Gasteiger partial charge in [-0.2, -0.15) is 0 Å². The fraction of sp³-hybridized carbons (Fsp3) is 0.333. The minimum Gasteiger partial charge on any atom is -0.495 e. The molecule has 0 radical (unpaired) electrons. The van der Waals surface area contributed by atoms with Crippen LogP contribution in [0.5, 0.6) is 11.5 Å². The third-order valence-electron chi connectivity index (χ3n) is 4.01. The molecule has 0 saturated carbocycles. The van der Waals surface area contributed by atoms with Gasteiger partial charge in [-0.1, -0.05) is 19.1 Å². The topological polar surface area (TPSA) is 73.9 Å². The van der Waals surface area contributed by atoms with Gasteiger partial charge >= 0.3 is 5.97 Å². The van der Waals surface area contributed by atoms with Crippen molar-refractivity contribution in [3.8, 4) is 11.5 Å². The number of amides is 1. The van der Waals surface area contributed by atoms with Gasteiger partial charge in [-0.15, -0.1) is 0 Å². The number of carbonyl (C=O) groups excluding carboxylic acids is 2. The van der Waals surface area contributed by atoms with Crippen molar-refractivity contribution < 1.29 is 23.8 Å². The van der Waals surface area contributed by atoms with Gasteiger partial charge in [0.15, 0.2) is 6.10 Å². The quantitative estimate of drug-likeness (QED) is 0.709. The average molecular weight is 371 g/mol. The van der Waals surface area contributed by atoms with E-state index in [4.69, 9.17) is 14.2 Å². The Morgan fingerprint density at radius 2 is 1.70 bits per heavy atom. The standard InChI is InChI=1S/C21H25NO5/c1-5-14(2)26-21(24)15(3)27-17-12-10-16(11-13-17)20(23)22-18-8-6-7-9-19(18)25-4/h6-15H,5H2,1-4H3,(H,22,23)/t14-,15+/m0/s1. The first-order valence-electron chi connectivity index (χ1n) is 8.86. The summed E-state index contributed by atoms with van der Waals surface area (Å²) in [6, 6.07) is 13.7. The summed E-state index contributed by atoms with van der Waals surface area (Å²) in [6.45, 7) is 5.41. The molecule has 0 aliphatic carbocycles. The summed E-state index contributed by atoms with van der Waals surface area (Å²) in [7, 11) is 1.55. The van der Waals surface area contributed by atoms with E-state index in [-0.39, 0.29) is 12.0 Å². The van der Waals surface area contributed by atoms with E-state index >= 15 is 0 Å². The molecule has 0 spiro atoms. The highest BCUT2D eigenvalue weighted by Gasteiger charge is 2.18. The van der Waals surface area contributed by atoms with Gasteiger partial charge in [0.05, 0.1) is 18.9 Å². The lowest BCUT2D eigenvalue weighted by molar-refractivity contribution is -0.155.